The van der Waals surface area contributed by atoms with Gasteiger partial charge < -0.3 is 42.6 Å². The number of carbonyl (C=O) groups is 3. The summed E-state index contributed by atoms with van der Waals surface area (Å²) < 4.78 is 49.0. The third-order valence-corrected chi connectivity index (χ3v) is 7.92. The highest BCUT2D eigenvalue weighted by molar-refractivity contribution is 6.21. The molecule has 0 saturated heterocycles. The summed E-state index contributed by atoms with van der Waals surface area (Å²) in [7, 11) is 0. The predicted molar refractivity (Wildman–Crippen MR) is 191 cm³/mol. The second kappa shape index (κ2) is 32.2. The van der Waals surface area contributed by atoms with E-state index < -0.39 is 0 Å². The smallest absolute Gasteiger partial charge is 0.305 e. The molecule has 0 atom stereocenters. The fourth-order valence-corrected chi connectivity index (χ4v) is 5.11. The van der Waals surface area contributed by atoms with Gasteiger partial charge in [0.2, 0.25) is 0 Å². The molecule has 1 aliphatic heterocycles. The number of nitrogens with zero attached hydrogens (tertiary/aromatic N) is 1. The zero-order chi connectivity index (χ0) is 36.5. The van der Waals surface area contributed by atoms with E-state index in [0.29, 0.717) is 117 Å². The van der Waals surface area contributed by atoms with Gasteiger partial charge in [0.15, 0.2) is 0 Å². The summed E-state index contributed by atoms with van der Waals surface area (Å²) in [4.78, 5) is 37.6. The van der Waals surface area contributed by atoms with Gasteiger partial charge in [-0.2, -0.15) is 0 Å². The molecule has 0 spiro atoms. The van der Waals surface area contributed by atoms with Gasteiger partial charge >= 0.3 is 5.97 Å². The van der Waals surface area contributed by atoms with E-state index in [1.807, 2.05) is 0 Å². The van der Waals surface area contributed by atoms with Crippen LogP contribution in [0.15, 0.2) is 24.3 Å². The lowest BCUT2D eigenvalue weighted by molar-refractivity contribution is -0.145. The first kappa shape index (κ1) is 44.7. The topological polar surface area (TPSA) is 138 Å². The maximum absolute atomic E-state index is 12.3. The summed E-state index contributed by atoms with van der Waals surface area (Å²) >= 11 is 0. The molecule has 51 heavy (non-hydrogen) atoms. The molecule has 0 aromatic heterocycles. The Balaban J connectivity index is 1.18. The third kappa shape index (κ3) is 22.9. The van der Waals surface area contributed by atoms with E-state index >= 15 is 0 Å². The minimum Gasteiger partial charge on any atom is -0.463 e. The monoisotopic (exact) mass is 725 g/mol. The van der Waals surface area contributed by atoms with Crippen molar-refractivity contribution in [1.29, 1.82) is 0 Å². The highest BCUT2D eigenvalue weighted by atomic mass is 16.6. The highest BCUT2D eigenvalue weighted by Crippen LogP contribution is 2.21. The largest absolute Gasteiger partial charge is 0.463 e. The van der Waals surface area contributed by atoms with Crippen molar-refractivity contribution in [3.8, 4) is 0 Å². The molecule has 0 saturated carbocycles. The van der Waals surface area contributed by atoms with Crippen molar-refractivity contribution in [3.63, 3.8) is 0 Å². The van der Waals surface area contributed by atoms with Gasteiger partial charge in [0.05, 0.1) is 123 Å². The fraction of sp³-hybridized carbons (Fsp3) is 0.763. The van der Waals surface area contributed by atoms with Crippen LogP contribution in [0.5, 0.6) is 0 Å². The first-order valence-electron chi connectivity index (χ1n) is 18.9. The van der Waals surface area contributed by atoms with Gasteiger partial charge in [-0.05, 0) is 18.6 Å². The quantitative estimate of drug-likeness (QED) is 0.0525. The third-order valence-electron chi connectivity index (χ3n) is 7.92. The van der Waals surface area contributed by atoms with Crippen molar-refractivity contribution in [2.75, 3.05) is 119 Å². The molecule has 1 aliphatic rings. The number of benzene rings is 1. The van der Waals surface area contributed by atoms with Crippen molar-refractivity contribution < 1.29 is 57.0 Å². The van der Waals surface area contributed by atoms with Crippen LogP contribution in [0.4, 0.5) is 0 Å². The van der Waals surface area contributed by atoms with Gasteiger partial charge in [-0.25, -0.2) is 0 Å². The van der Waals surface area contributed by atoms with Crippen LogP contribution in [0.2, 0.25) is 0 Å². The summed E-state index contributed by atoms with van der Waals surface area (Å²) in [5.74, 6) is -0.701. The predicted octanol–water partition coefficient (Wildman–Crippen LogP) is 4.88. The van der Waals surface area contributed by atoms with Gasteiger partial charge in [-0.1, -0.05) is 70.4 Å². The standard InChI is InChI=1S/C38H63NO12/c1-2-3-4-5-6-7-8-9-10-15-36(40)51-33-32-50-31-30-49-29-28-48-27-26-47-25-24-46-23-22-45-21-20-44-19-18-43-17-16-39-37(41)34-13-11-12-14-35(34)38(39)42/h11-14H,2-10,15-33H2,1H3. The summed E-state index contributed by atoms with van der Waals surface area (Å²) in [5.41, 5.74) is 0.882. The average molecular weight is 726 g/mol. The van der Waals surface area contributed by atoms with Crippen LogP contribution in [0.1, 0.15) is 91.8 Å². The van der Waals surface area contributed by atoms with Crippen molar-refractivity contribution >= 4 is 17.8 Å². The Morgan fingerprint density at radius 2 is 0.804 bits per heavy atom. The normalized spacial score (nSPS) is 12.6. The van der Waals surface area contributed by atoms with Crippen LogP contribution in [0.25, 0.3) is 0 Å². The zero-order valence-corrected chi connectivity index (χ0v) is 31.0. The van der Waals surface area contributed by atoms with E-state index in [1.54, 1.807) is 24.3 Å². The van der Waals surface area contributed by atoms with Crippen LogP contribution < -0.4 is 0 Å². The number of ether oxygens (including phenoxy) is 9. The zero-order valence-electron chi connectivity index (χ0n) is 31.0. The Hall–Kier alpha value is -2.49. The summed E-state index contributed by atoms with van der Waals surface area (Å²) in [6.07, 6.45) is 11.5. The summed E-state index contributed by atoms with van der Waals surface area (Å²) in [6, 6.07) is 6.82. The minimum atomic E-state index is -0.279. The molecule has 0 radical (unpaired) electrons. The van der Waals surface area contributed by atoms with Crippen molar-refractivity contribution in [3.05, 3.63) is 35.4 Å². The number of hydrogen-bond donors (Lipinski definition) is 0. The average Bonchev–Trinajstić information content (AvgIpc) is 3.38. The second-order valence-corrected chi connectivity index (χ2v) is 12.0. The number of carbonyl (C=O) groups excluding carboxylic acids is 3. The molecular formula is C38H63NO12. The van der Waals surface area contributed by atoms with Crippen molar-refractivity contribution in [2.24, 2.45) is 0 Å². The first-order chi connectivity index (χ1) is 25.1. The molecule has 0 fully saturated rings. The summed E-state index contributed by atoms with van der Waals surface area (Å²) in [5, 5.41) is 0. The number of hydrogen-bond acceptors (Lipinski definition) is 12. The number of fused-ring (bicyclic) bond motifs is 1. The Morgan fingerprint density at radius 1 is 0.471 bits per heavy atom. The second-order valence-electron chi connectivity index (χ2n) is 12.0. The number of amides is 2. The number of imide groups is 1. The van der Waals surface area contributed by atoms with Gasteiger partial charge in [-0.3, -0.25) is 19.3 Å². The molecule has 13 nitrogen and oxygen atoms in total. The van der Waals surface area contributed by atoms with E-state index in [4.69, 9.17) is 42.6 Å². The Labute approximate surface area is 304 Å². The lowest BCUT2D eigenvalue weighted by Crippen LogP contribution is -2.33. The molecule has 2 rings (SSSR count). The maximum Gasteiger partial charge on any atom is 0.305 e. The van der Waals surface area contributed by atoms with Gasteiger partial charge in [0.1, 0.15) is 6.61 Å². The molecule has 1 heterocycles. The van der Waals surface area contributed by atoms with Gasteiger partial charge in [-0.15, -0.1) is 0 Å². The summed E-state index contributed by atoms with van der Waals surface area (Å²) in [6.45, 7) is 9.67. The molecule has 0 aliphatic carbocycles. The van der Waals surface area contributed by atoms with Crippen LogP contribution in [0.3, 0.4) is 0 Å². The van der Waals surface area contributed by atoms with Gasteiger partial charge in [0.25, 0.3) is 11.8 Å². The van der Waals surface area contributed by atoms with E-state index in [9.17, 15) is 14.4 Å². The number of unbranched alkanes of at least 4 members (excludes halogenated alkanes) is 8. The van der Waals surface area contributed by atoms with E-state index in [1.165, 1.54) is 49.8 Å². The lowest BCUT2D eigenvalue weighted by Gasteiger charge is -2.13. The van der Waals surface area contributed by atoms with Crippen LogP contribution >= 0.6 is 0 Å². The van der Waals surface area contributed by atoms with Gasteiger partial charge in [0, 0.05) is 6.42 Å². The van der Waals surface area contributed by atoms with Crippen molar-refractivity contribution in [2.45, 2.75) is 71.1 Å². The molecule has 13 heteroatoms. The molecule has 0 N–H and O–H groups in total. The first-order valence-corrected chi connectivity index (χ1v) is 18.9. The molecular weight excluding hydrogens is 662 g/mol. The molecule has 292 valence electrons. The molecule has 2 amide bonds. The molecule has 1 aromatic carbocycles. The van der Waals surface area contributed by atoms with E-state index in [0.717, 1.165) is 12.8 Å². The molecule has 0 unspecified atom stereocenters. The fourth-order valence-electron chi connectivity index (χ4n) is 5.11. The minimum absolute atomic E-state index is 0.144. The van der Waals surface area contributed by atoms with Crippen molar-refractivity contribution in [1.82, 2.24) is 4.90 Å². The Bertz CT molecular complexity index is 991. The van der Waals surface area contributed by atoms with E-state index in [-0.39, 0.29) is 37.5 Å². The van der Waals surface area contributed by atoms with Crippen LogP contribution in [-0.4, -0.2) is 142 Å². The van der Waals surface area contributed by atoms with Crippen LogP contribution in [0, 0.1) is 0 Å². The SMILES string of the molecule is CCCCCCCCCCCC(=O)OCCOCCOCCOCCOCCOCCOCCOCCOCCN1C(=O)c2ccccc2C1=O. The Morgan fingerprint density at radius 3 is 1.20 bits per heavy atom. The highest BCUT2D eigenvalue weighted by Gasteiger charge is 2.34. The number of esters is 1. The number of rotatable bonds is 37. The lowest BCUT2D eigenvalue weighted by atomic mass is 10.1. The van der Waals surface area contributed by atoms with Crippen LogP contribution in [-0.2, 0) is 47.4 Å². The molecule has 1 aromatic rings. The molecule has 0 bridgehead atoms. The maximum atomic E-state index is 12.3. The van der Waals surface area contributed by atoms with E-state index in [2.05, 4.69) is 6.92 Å². The Kier molecular flexibility index (Phi) is 28.2.